The van der Waals surface area contributed by atoms with Gasteiger partial charge in [0.2, 0.25) is 0 Å². The SMILES string of the molecule is O=S(=O)(O)C(CCN1c2ccccc2Oc2ccccc21)C1=NC=CCN1Cl. The molecule has 2 aliphatic heterocycles. The highest BCUT2D eigenvalue weighted by molar-refractivity contribution is 7.87. The molecule has 9 heteroatoms. The molecule has 2 aromatic rings. The molecule has 7 nitrogen and oxygen atoms in total. The Kier molecular flexibility index (Phi) is 5.01. The van der Waals surface area contributed by atoms with Gasteiger partial charge in [0.15, 0.2) is 11.5 Å². The molecule has 28 heavy (non-hydrogen) atoms. The molecule has 1 N–H and O–H groups in total. The summed E-state index contributed by atoms with van der Waals surface area (Å²) in [6.07, 6.45) is 3.29. The number of benzene rings is 2. The Balaban J connectivity index is 1.67. The average Bonchev–Trinajstić information content (AvgIpc) is 2.67. The highest BCUT2D eigenvalue weighted by Gasteiger charge is 2.34. The monoisotopic (exact) mass is 419 g/mol. The summed E-state index contributed by atoms with van der Waals surface area (Å²) in [5, 5.41) is -1.24. The largest absolute Gasteiger partial charge is 0.453 e. The standard InChI is InChI=1S/C19H18ClN3O4S/c20-23-12-5-11-21-19(23)18(28(24,25)26)10-13-22-14-6-1-3-8-16(14)27-17-9-4-2-7-15(17)22/h1-9,11,18H,10,12-13H2,(H,24,25,26). The number of nitrogens with zero attached hydrogens (tertiary/aromatic N) is 3. The summed E-state index contributed by atoms with van der Waals surface area (Å²) in [4.78, 5) is 6.05. The quantitative estimate of drug-likeness (QED) is 0.583. The van der Waals surface area contributed by atoms with Crippen LogP contribution >= 0.6 is 11.8 Å². The van der Waals surface area contributed by atoms with E-state index in [1.165, 1.54) is 10.6 Å². The molecule has 1 unspecified atom stereocenters. The number of hydrogen-bond donors (Lipinski definition) is 1. The fraction of sp³-hybridized carbons (Fsp3) is 0.211. The lowest BCUT2D eigenvalue weighted by molar-refractivity contribution is 0.466. The van der Waals surface area contributed by atoms with Gasteiger partial charge in [-0.3, -0.25) is 8.97 Å². The first kappa shape index (κ1) is 18.8. The predicted molar refractivity (Wildman–Crippen MR) is 109 cm³/mol. The fourth-order valence-electron chi connectivity index (χ4n) is 3.34. The van der Waals surface area contributed by atoms with Crippen LogP contribution in [0.4, 0.5) is 11.4 Å². The first-order valence-corrected chi connectivity index (χ1v) is 10.5. The number of fused-ring (bicyclic) bond motifs is 2. The van der Waals surface area contributed by atoms with E-state index in [-0.39, 0.29) is 12.3 Å². The van der Waals surface area contributed by atoms with E-state index in [1.54, 1.807) is 6.08 Å². The lowest BCUT2D eigenvalue weighted by atomic mass is 10.1. The third-order valence-electron chi connectivity index (χ3n) is 4.62. The van der Waals surface area contributed by atoms with Crippen LogP contribution in [-0.2, 0) is 10.1 Å². The Morgan fingerprint density at radius 3 is 2.29 bits per heavy atom. The van der Waals surface area contributed by atoms with Gasteiger partial charge in [0, 0.05) is 24.5 Å². The van der Waals surface area contributed by atoms with Crippen molar-refractivity contribution < 1.29 is 17.7 Å². The lowest BCUT2D eigenvalue weighted by Gasteiger charge is -2.34. The predicted octanol–water partition coefficient (Wildman–Crippen LogP) is 3.96. The number of para-hydroxylation sites is 4. The zero-order chi connectivity index (χ0) is 19.7. The van der Waals surface area contributed by atoms with Crippen molar-refractivity contribution in [2.24, 2.45) is 4.99 Å². The van der Waals surface area contributed by atoms with Crippen molar-refractivity contribution >= 4 is 39.1 Å². The zero-order valence-corrected chi connectivity index (χ0v) is 16.3. The molecule has 0 aromatic heterocycles. The number of rotatable bonds is 5. The van der Waals surface area contributed by atoms with Crippen molar-refractivity contribution in [3.05, 3.63) is 60.8 Å². The molecule has 146 valence electrons. The summed E-state index contributed by atoms with van der Waals surface area (Å²) in [5.41, 5.74) is 1.65. The van der Waals surface area contributed by atoms with E-state index in [4.69, 9.17) is 16.5 Å². The van der Waals surface area contributed by atoms with Gasteiger partial charge in [-0.1, -0.05) is 24.3 Å². The lowest BCUT2D eigenvalue weighted by Crippen LogP contribution is -2.41. The topological polar surface area (TPSA) is 82.4 Å². The molecule has 0 radical (unpaired) electrons. The molecule has 0 amide bonds. The van der Waals surface area contributed by atoms with E-state index < -0.39 is 15.4 Å². The molecule has 0 saturated carbocycles. The molecule has 2 aliphatic rings. The minimum atomic E-state index is -4.40. The Morgan fingerprint density at radius 2 is 1.71 bits per heavy atom. The summed E-state index contributed by atoms with van der Waals surface area (Å²) in [6, 6.07) is 15.1. The van der Waals surface area contributed by atoms with Crippen LogP contribution in [0, 0.1) is 0 Å². The van der Waals surface area contributed by atoms with E-state index in [0.29, 0.717) is 24.6 Å². The number of aliphatic imine (C=N–C) groups is 1. The minimum Gasteiger partial charge on any atom is -0.453 e. The van der Waals surface area contributed by atoms with Crippen LogP contribution in [0.5, 0.6) is 11.5 Å². The van der Waals surface area contributed by atoms with Gasteiger partial charge in [0.25, 0.3) is 10.1 Å². The minimum absolute atomic E-state index is 0.0946. The smallest absolute Gasteiger partial charge is 0.275 e. The first-order chi connectivity index (χ1) is 13.4. The summed E-state index contributed by atoms with van der Waals surface area (Å²) in [6.45, 7) is 0.630. The molecular weight excluding hydrogens is 402 g/mol. The van der Waals surface area contributed by atoms with Crippen molar-refractivity contribution in [2.45, 2.75) is 11.7 Å². The maximum atomic E-state index is 12.1. The van der Waals surface area contributed by atoms with E-state index in [2.05, 4.69) is 4.99 Å². The molecule has 0 saturated heterocycles. The molecule has 2 aromatic carbocycles. The third kappa shape index (κ3) is 3.58. The second-order valence-electron chi connectivity index (χ2n) is 6.40. The fourth-order valence-corrected chi connectivity index (χ4v) is 4.50. The van der Waals surface area contributed by atoms with Gasteiger partial charge < -0.3 is 9.64 Å². The molecule has 0 fully saturated rings. The van der Waals surface area contributed by atoms with Crippen molar-refractivity contribution in [1.82, 2.24) is 4.42 Å². The van der Waals surface area contributed by atoms with E-state index in [1.807, 2.05) is 53.4 Å². The second-order valence-corrected chi connectivity index (χ2v) is 8.41. The number of amidine groups is 1. The highest BCUT2D eigenvalue weighted by Crippen LogP contribution is 2.46. The van der Waals surface area contributed by atoms with Gasteiger partial charge in [0.1, 0.15) is 11.1 Å². The highest BCUT2D eigenvalue weighted by atomic mass is 35.5. The maximum absolute atomic E-state index is 12.1. The third-order valence-corrected chi connectivity index (χ3v) is 6.10. The van der Waals surface area contributed by atoms with Crippen LogP contribution in [0.25, 0.3) is 0 Å². The summed E-state index contributed by atoms with van der Waals surface area (Å²) >= 11 is 6.11. The molecule has 0 bridgehead atoms. The van der Waals surface area contributed by atoms with Crippen LogP contribution in [0.3, 0.4) is 0 Å². The molecule has 2 heterocycles. The van der Waals surface area contributed by atoms with Gasteiger partial charge in [0.05, 0.1) is 17.9 Å². The maximum Gasteiger partial charge on any atom is 0.275 e. The number of ether oxygens (including phenoxy) is 1. The van der Waals surface area contributed by atoms with Crippen LogP contribution in [0.1, 0.15) is 6.42 Å². The van der Waals surface area contributed by atoms with Crippen LogP contribution < -0.4 is 9.64 Å². The van der Waals surface area contributed by atoms with Crippen molar-refractivity contribution in [1.29, 1.82) is 0 Å². The molecule has 0 spiro atoms. The Bertz CT molecular complexity index is 1010. The molecule has 0 aliphatic carbocycles. The number of hydrogen-bond acceptors (Lipinski definition) is 6. The van der Waals surface area contributed by atoms with E-state index in [9.17, 15) is 13.0 Å². The number of anilines is 2. The molecular formula is C19H18ClN3O4S. The summed E-state index contributed by atoms with van der Waals surface area (Å²) in [5.74, 6) is 1.48. The second kappa shape index (κ2) is 7.46. The Labute approximate surface area is 168 Å². The summed E-state index contributed by atoms with van der Waals surface area (Å²) in [7, 11) is -4.40. The van der Waals surface area contributed by atoms with Gasteiger partial charge in [-0.05, 0) is 36.8 Å². The Hall–Kier alpha value is -2.55. The van der Waals surface area contributed by atoms with Gasteiger partial charge >= 0.3 is 0 Å². The van der Waals surface area contributed by atoms with Crippen LogP contribution in [-0.4, -0.2) is 41.6 Å². The normalized spacial score (nSPS) is 16.7. The average molecular weight is 420 g/mol. The van der Waals surface area contributed by atoms with Gasteiger partial charge in [-0.25, -0.2) is 4.99 Å². The molecule has 4 rings (SSSR count). The molecule has 1 atom stereocenters. The zero-order valence-electron chi connectivity index (χ0n) is 14.8. The van der Waals surface area contributed by atoms with Gasteiger partial charge in [-0.15, -0.1) is 0 Å². The first-order valence-electron chi connectivity index (χ1n) is 8.71. The van der Waals surface area contributed by atoms with Crippen LogP contribution in [0.2, 0.25) is 0 Å². The van der Waals surface area contributed by atoms with Crippen LogP contribution in [0.15, 0.2) is 65.8 Å². The van der Waals surface area contributed by atoms with Gasteiger partial charge in [-0.2, -0.15) is 8.42 Å². The Morgan fingerprint density at radius 1 is 1.11 bits per heavy atom. The van der Waals surface area contributed by atoms with E-state index in [0.717, 1.165) is 11.4 Å². The number of halogens is 1. The van der Waals surface area contributed by atoms with Crippen molar-refractivity contribution in [3.8, 4) is 11.5 Å². The van der Waals surface area contributed by atoms with Crippen molar-refractivity contribution in [3.63, 3.8) is 0 Å². The van der Waals surface area contributed by atoms with Crippen molar-refractivity contribution in [2.75, 3.05) is 18.0 Å². The summed E-state index contributed by atoms with van der Waals surface area (Å²) < 4.78 is 41.1. The van der Waals surface area contributed by atoms with E-state index >= 15 is 0 Å².